The van der Waals surface area contributed by atoms with Crippen molar-refractivity contribution in [1.82, 2.24) is 0 Å². The maximum atomic E-state index is 15.0. The molecule has 6 rings (SSSR count). The molecular weight excluding hydrogens is 1250 g/mol. The predicted molar refractivity (Wildman–Crippen MR) is 390 cm³/mol. The minimum absolute atomic E-state index is 0.00791. The number of imide groups is 1. The predicted octanol–water partition coefficient (Wildman–Crippen LogP) is 19.2. The van der Waals surface area contributed by atoms with E-state index in [4.69, 9.17) is 55.9 Å². The van der Waals surface area contributed by atoms with E-state index in [0.717, 1.165) is 46.1 Å². The van der Waals surface area contributed by atoms with Gasteiger partial charge in [-0.25, -0.2) is 9.69 Å². The fourth-order valence-electron chi connectivity index (χ4n) is 12.0. The Morgan fingerprint density at radius 2 is 1.23 bits per heavy atom. The fourth-order valence-corrected chi connectivity index (χ4v) is 16.2. The van der Waals surface area contributed by atoms with Crippen LogP contribution in [0.3, 0.4) is 0 Å². The van der Waals surface area contributed by atoms with Gasteiger partial charge in [-0.05, 0) is 175 Å². The second-order valence-corrected chi connectivity index (χ2v) is 48.0. The number of carbonyl (C=O) groups excluding carboxylic acids is 2. The molecule has 2 amide bonds. The zero-order valence-electron chi connectivity index (χ0n) is 63.4. The van der Waals surface area contributed by atoms with Gasteiger partial charge in [-0.1, -0.05) is 131 Å². The summed E-state index contributed by atoms with van der Waals surface area (Å²) in [5, 5.41) is -0.242. The van der Waals surface area contributed by atoms with Crippen molar-refractivity contribution in [2.24, 2.45) is 10.8 Å². The Bertz CT molecular complexity index is 2970. The van der Waals surface area contributed by atoms with Crippen molar-refractivity contribution in [2.75, 3.05) is 26.2 Å². The summed E-state index contributed by atoms with van der Waals surface area (Å²) in [4.78, 5) is 30.3. The van der Waals surface area contributed by atoms with E-state index in [1.165, 1.54) is 0 Å². The summed E-state index contributed by atoms with van der Waals surface area (Å²) in [6, 6.07) is 24.9. The number of methoxy groups -OCH3 is 3. The monoisotopic (exact) mass is 1370 g/mol. The van der Waals surface area contributed by atoms with E-state index in [2.05, 4.69) is 167 Å². The number of para-hydroxylation sites is 1. The Kier molecular flexibility index (Phi) is 26.9. The van der Waals surface area contributed by atoms with Gasteiger partial charge in [-0.3, -0.25) is 4.79 Å². The Morgan fingerprint density at radius 1 is 0.674 bits per heavy atom. The number of ether oxygens (including phenoxy) is 9. The van der Waals surface area contributed by atoms with Gasteiger partial charge in [0.15, 0.2) is 30.7 Å². The molecular formula is C77H125NO14Si3. The minimum atomic E-state index is -2.59. The number of rotatable bonds is 28. The molecule has 0 unspecified atom stereocenters. The van der Waals surface area contributed by atoms with Gasteiger partial charge in [0.2, 0.25) is 5.91 Å². The molecule has 3 aromatic carbocycles. The average molecular weight is 1370 g/mol. The topological polar surface area (TPSA) is 148 Å². The molecule has 0 spiro atoms. The summed E-state index contributed by atoms with van der Waals surface area (Å²) >= 11 is 0. The first-order chi connectivity index (χ1) is 43.8. The van der Waals surface area contributed by atoms with Crippen LogP contribution in [0.2, 0.25) is 54.4 Å². The molecule has 3 heterocycles. The van der Waals surface area contributed by atoms with Crippen molar-refractivity contribution in [3.8, 4) is 11.5 Å². The number of allylic oxidation sites excluding steroid dienone is 2. The number of hydrogen-bond acceptors (Lipinski definition) is 14. The molecule has 0 saturated carbocycles. The summed E-state index contributed by atoms with van der Waals surface area (Å²) in [5.41, 5.74) is 0.374. The lowest BCUT2D eigenvalue weighted by Gasteiger charge is -2.56. The molecule has 0 bridgehead atoms. The molecule has 18 heteroatoms. The summed E-state index contributed by atoms with van der Waals surface area (Å²) in [7, 11) is -2.04. The molecule has 534 valence electrons. The second-order valence-electron chi connectivity index (χ2n) is 33.7. The third-order valence-corrected chi connectivity index (χ3v) is 34.7. The molecule has 15 nitrogen and oxygen atoms in total. The minimum Gasteiger partial charge on any atom is -0.497 e. The highest BCUT2D eigenvalue weighted by atomic mass is 28.4. The van der Waals surface area contributed by atoms with Gasteiger partial charge < -0.3 is 55.9 Å². The molecule has 2 fully saturated rings. The quantitative estimate of drug-likeness (QED) is 0.0501. The Labute approximate surface area is 577 Å². The van der Waals surface area contributed by atoms with Crippen molar-refractivity contribution in [1.29, 1.82) is 0 Å². The maximum absolute atomic E-state index is 15.0. The second kappa shape index (κ2) is 32.0. The smallest absolute Gasteiger partial charge is 0.421 e. The lowest BCUT2D eigenvalue weighted by molar-refractivity contribution is -0.363. The van der Waals surface area contributed by atoms with E-state index in [1.807, 2.05) is 42.5 Å². The number of amides is 2. The Morgan fingerprint density at radius 3 is 1.77 bits per heavy atom. The van der Waals surface area contributed by atoms with Gasteiger partial charge in [0.25, 0.3) is 0 Å². The number of hydrogen-bond donors (Lipinski definition) is 0. The molecule has 3 aliphatic heterocycles. The zero-order valence-corrected chi connectivity index (χ0v) is 66.4. The average Bonchev–Trinajstić information content (AvgIpc) is 0.740. The van der Waals surface area contributed by atoms with E-state index in [1.54, 1.807) is 66.4 Å². The molecule has 2 saturated heterocycles. The lowest BCUT2D eigenvalue weighted by atomic mass is 9.70. The van der Waals surface area contributed by atoms with Crippen LogP contribution in [0.15, 0.2) is 103 Å². The van der Waals surface area contributed by atoms with Crippen molar-refractivity contribution < 1.29 is 65.5 Å². The largest absolute Gasteiger partial charge is 0.497 e. The van der Waals surface area contributed by atoms with Gasteiger partial charge in [-0.15, -0.1) is 0 Å². The Hall–Kier alpha value is -4.19. The van der Waals surface area contributed by atoms with Gasteiger partial charge in [0.1, 0.15) is 29.0 Å². The van der Waals surface area contributed by atoms with Crippen LogP contribution in [-0.2, 0) is 64.4 Å². The van der Waals surface area contributed by atoms with Gasteiger partial charge in [-0.2, -0.15) is 0 Å². The Balaban J connectivity index is 1.33. The van der Waals surface area contributed by atoms with Crippen LogP contribution >= 0.6 is 0 Å². The highest BCUT2D eigenvalue weighted by Crippen LogP contribution is 2.52. The number of nitrogens with zero attached hydrogens (tertiary/aromatic N) is 1. The molecule has 0 N–H and O–H groups in total. The van der Waals surface area contributed by atoms with Crippen LogP contribution in [0.4, 0.5) is 10.5 Å². The molecule has 0 aliphatic carbocycles. The highest BCUT2D eigenvalue weighted by Gasteiger charge is 2.59. The first-order valence-corrected chi connectivity index (χ1v) is 43.6. The normalized spacial score (nSPS) is 23.7. The first-order valence-electron chi connectivity index (χ1n) is 34.9. The summed E-state index contributed by atoms with van der Waals surface area (Å²) in [5.74, 6) is 0.788. The van der Waals surface area contributed by atoms with E-state index in [0.29, 0.717) is 57.4 Å². The van der Waals surface area contributed by atoms with Crippen LogP contribution in [0, 0.1) is 10.8 Å². The SMILES string of the molecule is COc1ccc(CO[C@H]2C[C@@H](C[C@H](CC(=O)N(C(=O)OC(C)(C)C)c3ccccc3)O[Si](C)(C)C(C)(C)C)O[C@](C[C@@H]3C[C@H](O[Si](C)(C)C(C)(C)C)C[C@H](/C=C/C(C)(C)C4=CCC[C@@H](C[C@@H](O[Si](C)(C)C(C)(C)C)[C@@H](C)OCc5ccc(OC)cc5)O4)O3)(OC)C2(C)C)cc1. The number of carbonyl (C=O) groups is 2. The third kappa shape index (κ3) is 21.7. The molecule has 95 heavy (non-hydrogen) atoms. The standard InChI is InChI=1S/C77H125NO14Si3/c1-54(84-52-55-35-39-58(81-18)40-36-55)66(92-95(25,26)74(11,12)13)48-60-33-30-34-67(87-60)75(14,15)44-43-61-45-63(90-93(21,22)72(5,6)7)47-65(86-61)51-77(83-20)76(16,17)68(85-53-56-37-41-59(82-19)42-38-56)49-62(88-77)46-64(91-94(23,24)73(8,9)10)50-69(79)78(57-31-28-27-29-32-57)70(80)89-71(2,3)4/h27-29,31-32,34-44,54,60-66,68H,30,33,45-53H2,1-26H3/b44-43+/t54-,60+,61+,62-,63-,64-,65+,66-,68+,77+/m1/s1. The molecule has 10 atom stereocenters. The molecule has 0 radical (unpaired) electrons. The van der Waals surface area contributed by atoms with E-state index >= 15 is 4.79 Å². The van der Waals surface area contributed by atoms with Crippen molar-refractivity contribution in [2.45, 2.75) is 309 Å². The van der Waals surface area contributed by atoms with Gasteiger partial charge in [0.05, 0.1) is 88.4 Å². The fraction of sp³-hybridized carbons (Fsp3) is 0.688. The molecule has 3 aliphatic rings. The lowest BCUT2D eigenvalue weighted by Crippen LogP contribution is -2.63. The van der Waals surface area contributed by atoms with E-state index in [9.17, 15) is 4.79 Å². The maximum Gasteiger partial charge on any atom is 0.421 e. The van der Waals surface area contributed by atoms with Crippen LogP contribution in [0.1, 0.15) is 187 Å². The van der Waals surface area contributed by atoms with Crippen LogP contribution in [0.25, 0.3) is 0 Å². The summed E-state index contributed by atoms with van der Waals surface area (Å²) in [6.07, 6.45) is 7.89. The van der Waals surface area contributed by atoms with Gasteiger partial charge in [0, 0.05) is 43.6 Å². The summed E-state index contributed by atoms with van der Waals surface area (Å²) < 4.78 is 81.6. The van der Waals surface area contributed by atoms with Crippen LogP contribution in [-0.4, -0.2) is 125 Å². The molecule has 3 aromatic rings. The number of benzene rings is 3. The number of anilines is 1. The third-order valence-electron chi connectivity index (χ3n) is 21.2. The van der Waals surface area contributed by atoms with E-state index in [-0.39, 0.29) is 58.2 Å². The van der Waals surface area contributed by atoms with Crippen LogP contribution in [0.5, 0.6) is 11.5 Å². The first kappa shape index (κ1) is 79.8. The van der Waals surface area contributed by atoms with Crippen molar-refractivity contribution in [3.05, 3.63) is 114 Å². The van der Waals surface area contributed by atoms with Gasteiger partial charge >= 0.3 is 6.09 Å². The van der Waals surface area contributed by atoms with Crippen LogP contribution < -0.4 is 14.4 Å². The van der Waals surface area contributed by atoms with Crippen molar-refractivity contribution in [3.63, 3.8) is 0 Å². The molecule has 0 aromatic heterocycles. The van der Waals surface area contributed by atoms with E-state index < -0.39 is 77.5 Å². The summed E-state index contributed by atoms with van der Waals surface area (Å²) in [6.45, 7) is 51.0. The highest BCUT2D eigenvalue weighted by molar-refractivity contribution is 6.75. The zero-order chi connectivity index (χ0) is 71.0. The van der Waals surface area contributed by atoms with Crippen molar-refractivity contribution >= 4 is 42.6 Å².